The Morgan fingerprint density at radius 1 is 1.24 bits per heavy atom. The number of carboxylic acid groups (broad SMARTS) is 1. The van der Waals surface area contributed by atoms with Crippen molar-refractivity contribution < 1.29 is 19.5 Å². The third-order valence-electron chi connectivity index (χ3n) is 4.17. The van der Waals surface area contributed by atoms with Gasteiger partial charge in [0.25, 0.3) is 0 Å². The summed E-state index contributed by atoms with van der Waals surface area (Å²) in [6.07, 6.45) is 3.18. The van der Waals surface area contributed by atoms with Gasteiger partial charge >= 0.3 is 5.97 Å². The van der Waals surface area contributed by atoms with Crippen LogP contribution in [0.5, 0.6) is 0 Å². The van der Waals surface area contributed by atoms with Gasteiger partial charge in [-0.1, -0.05) is 17.7 Å². The summed E-state index contributed by atoms with van der Waals surface area (Å²) in [5.74, 6) is -2.15. The molecule has 5 nitrogen and oxygen atoms in total. The molecule has 1 N–H and O–H groups in total. The number of carbonyl (C=O) groups excluding carboxylic acids is 2. The first-order chi connectivity index (χ1) is 9.99. The molecule has 2 atom stereocenters. The third kappa shape index (κ3) is 2.14. The van der Waals surface area contributed by atoms with Gasteiger partial charge in [0.1, 0.15) is 0 Å². The zero-order valence-corrected chi connectivity index (χ0v) is 11.6. The van der Waals surface area contributed by atoms with Gasteiger partial charge in [-0.3, -0.25) is 14.5 Å². The fourth-order valence-corrected chi connectivity index (χ4v) is 3.07. The van der Waals surface area contributed by atoms with Gasteiger partial charge in [0.15, 0.2) is 0 Å². The number of amides is 2. The van der Waals surface area contributed by atoms with Gasteiger partial charge in [-0.25, -0.2) is 4.79 Å². The highest BCUT2D eigenvalue weighted by molar-refractivity contribution is 6.22. The molecule has 1 heterocycles. The largest absolute Gasteiger partial charge is 0.478 e. The molecule has 1 saturated heterocycles. The predicted octanol–water partition coefficient (Wildman–Crippen LogP) is 2.23. The van der Waals surface area contributed by atoms with Crippen LogP contribution in [0.15, 0.2) is 35.9 Å². The molecule has 0 saturated carbocycles. The number of fused-ring (bicyclic) bond motifs is 1. The standard InChI is InChI=1S/C16H15NO4/c1-9-5-6-12-13(7-9)15(19)17(14(12)18)11-4-2-3-10(8-11)16(20)21/h2-5,8,12-13H,6-7H2,1H3,(H,20,21)/t12-,13+/m0/s1. The first-order valence-electron chi connectivity index (χ1n) is 6.86. The van der Waals surface area contributed by atoms with Crippen molar-refractivity contribution in [3.63, 3.8) is 0 Å². The predicted molar refractivity (Wildman–Crippen MR) is 75.9 cm³/mol. The number of carbonyl (C=O) groups is 3. The molecule has 0 aromatic heterocycles. The summed E-state index contributed by atoms with van der Waals surface area (Å²) in [5, 5.41) is 9.03. The number of rotatable bonds is 2. The molecule has 1 aliphatic carbocycles. The summed E-state index contributed by atoms with van der Waals surface area (Å²) in [6, 6.07) is 5.95. The van der Waals surface area contributed by atoms with Crippen LogP contribution in [0.3, 0.4) is 0 Å². The number of allylic oxidation sites excluding steroid dienone is 2. The minimum absolute atomic E-state index is 0.0669. The fourth-order valence-electron chi connectivity index (χ4n) is 3.07. The summed E-state index contributed by atoms with van der Waals surface area (Å²) in [6.45, 7) is 1.96. The first-order valence-corrected chi connectivity index (χ1v) is 6.86. The van der Waals surface area contributed by atoms with Gasteiger partial charge in [-0.2, -0.15) is 0 Å². The lowest BCUT2D eigenvalue weighted by Crippen LogP contribution is -2.31. The summed E-state index contributed by atoms with van der Waals surface area (Å²) in [7, 11) is 0. The van der Waals surface area contributed by atoms with Crippen molar-refractivity contribution in [1.29, 1.82) is 0 Å². The number of hydrogen-bond acceptors (Lipinski definition) is 3. The number of benzene rings is 1. The van der Waals surface area contributed by atoms with Crippen molar-refractivity contribution in [3.05, 3.63) is 41.5 Å². The van der Waals surface area contributed by atoms with Crippen LogP contribution in [-0.4, -0.2) is 22.9 Å². The van der Waals surface area contributed by atoms with Crippen molar-refractivity contribution in [3.8, 4) is 0 Å². The van der Waals surface area contributed by atoms with Crippen LogP contribution in [-0.2, 0) is 9.59 Å². The number of carboxylic acids is 1. The van der Waals surface area contributed by atoms with Crippen LogP contribution in [0.4, 0.5) is 5.69 Å². The molecule has 1 aromatic rings. The first kappa shape index (κ1) is 13.5. The Morgan fingerprint density at radius 3 is 2.67 bits per heavy atom. The normalized spacial score (nSPS) is 24.8. The number of nitrogens with zero attached hydrogens (tertiary/aromatic N) is 1. The average Bonchev–Trinajstić information content (AvgIpc) is 2.70. The van der Waals surface area contributed by atoms with Crippen LogP contribution in [0, 0.1) is 11.8 Å². The monoisotopic (exact) mass is 285 g/mol. The molecule has 108 valence electrons. The van der Waals surface area contributed by atoms with E-state index in [9.17, 15) is 14.4 Å². The molecule has 2 aliphatic rings. The molecule has 0 radical (unpaired) electrons. The maximum Gasteiger partial charge on any atom is 0.335 e. The second-order valence-electron chi connectivity index (χ2n) is 5.57. The van der Waals surface area contributed by atoms with Gasteiger partial charge in [-0.05, 0) is 38.0 Å². The van der Waals surface area contributed by atoms with Crippen LogP contribution >= 0.6 is 0 Å². The van der Waals surface area contributed by atoms with E-state index in [2.05, 4.69) is 0 Å². The summed E-state index contributed by atoms with van der Waals surface area (Å²) in [5.41, 5.74) is 1.53. The van der Waals surface area contributed by atoms with E-state index in [0.717, 1.165) is 10.5 Å². The minimum atomic E-state index is -1.08. The number of hydrogen-bond donors (Lipinski definition) is 1. The molecule has 5 heteroatoms. The Labute approximate surface area is 121 Å². The van der Waals surface area contributed by atoms with Gasteiger partial charge < -0.3 is 5.11 Å². The lowest BCUT2D eigenvalue weighted by atomic mass is 9.82. The molecule has 0 bridgehead atoms. The highest BCUT2D eigenvalue weighted by Gasteiger charge is 2.48. The van der Waals surface area contributed by atoms with Crippen LogP contribution in [0.25, 0.3) is 0 Å². The second-order valence-corrected chi connectivity index (χ2v) is 5.57. The van der Waals surface area contributed by atoms with Crippen LogP contribution < -0.4 is 4.90 Å². The molecule has 0 unspecified atom stereocenters. The molecule has 2 amide bonds. The van der Waals surface area contributed by atoms with Crippen LogP contribution in [0.1, 0.15) is 30.1 Å². The summed E-state index contributed by atoms with van der Waals surface area (Å²) >= 11 is 0. The minimum Gasteiger partial charge on any atom is -0.478 e. The molecular weight excluding hydrogens is 270 g/mol. The number of aromatic carboxylic acids is 1. The molecule has 1 aromatic carbocycles. The Bertz CT molecular complexity index is 677. The van der Waals surface area contributed by atoms with Crippen molar-refractivity contribution in [2.45, 2.75) is 19.8 Å². The van der Waals surface area contributed by atoms with Crippen molar-refractivity contribution in [2.24, 2.45) is 11.8 Å². The number of imide groups is 1. The molecule has 1 aliphatic heterocycles. The topological polar surface area (TPSA) is 74.7 Å². The van der Waals surface area contributed by atoms with Crippen molar-refractivity contribution in [1.82, 2.24) is 0 Å². The second kappa shape index (κ2) is 4.84. The van der Waals surface area contributed by atoms with E-state index in [-0.39, 0.29) is 29.2 Å². The molecule has 3 rings (SSSR count). The summed E-state index contributed by atoms with van der Waals surface area (Å²) in [4.78, 5) is 37.2. The van der Waals surface area contributed by atoms with Crippen molar-refractivity contribution >= 4 is 23.5 Å². The highest BCUT2D eigenvalue weighted by atomic mass is 16.4. The summed E-state index contributed by atoms with van der Waals surface area (Å²) < 4.78 is 0. The Morgan fingerprint density at radius 2 is 1.95 bits per heavy atom. The maximum atomic E-state index is 12.5. The van der Waals surface area contributed by atoms with E-state index in [1.165, 1.54) is 12.1 Å². The lowest BCUT2D eigenvalue weighted by molar-refractivity contribution is -0.122. The molecule has 1 fully saturated rings. The van der Waals surface area contributed by atoms with Gasteiger partial charge in [-0.15, -0.1) is 0 Å². The van der Waals surface area contributed by atoms with E-state index in [4.69, 9.17) is 5.11 Å². The molecule has 21 heavy (non-hydrogen) atoms. The average molecular weight is 285 g/mol. The van der Waals surface area contributed by atoms with Gasteiger partial charge in [0.2, 0.25) is 11.8 Å². The maximum absolute atomic E-state index is 12.5. The van der Waals surface area contributed by atoms with E-state index in [0.29, 0.717) is 18.5 Å². The van der Waals surface area contributed by atoms with Gasteiger partial charge in [0, 0.05) is 0 Å². The Kier molecular flexibility index (Phi) is 3.12. The Balaban J connectivity index is 1.97. The van der Waals surface area contributed by atoms with Gasteiger partial charge in [0.05, 0.1) is 23.1 Å². The third-order valence-corrected chi connectivity index (χ3v) is 4.17. The zero-order valence-electron chi connectivity index (χ0n) is 11.6. The smallest absolute Gasteiger partial charge is 0.335 e. The Hall–Kier alpha value is -2.43. The van der Waals surface area contributed by atoms with E-state index in [1.807, 2.05) is 13.0 Å². The van der Waals surface area contributed by atoms with Crippen molar-refractivity contribution in [2.75, 3.05) is 4.90 Å². The molecule has 0 spiro atoms. The molecular formula is C16H15NO4. The highest BCUT2D eigenvalue weighted by Crippen LogP contribution is 2.39. The fraction of sp³-hybridized carbons (Fsp3) is 0.312. The van der Waals surface area contributed by atoms with E-state index in [1.54, 1.807) is 12.1 Å². The zero-order chi connectivity index (χ0) is 15.1. The quantitative estimate of drug-likeness (QED) is 0.668. The lowest BCUT2D eigenvalue weighted by Gasteiger charge is -2.18. The SMILES string of the molecule is CC1=CC[C@@H]2C(=O)N(c3cccc(C(=O)O)c3)C(=O)[C@@H]2C1. The van der Waals surface area contributed by atoms with Crippen LogP contribution in [0.2, 0.25) is 0 Å². The van der Waals surface area contributed by atoms with E-state index >= 15 is 0 Å². The number of anilines is 1. The van der Waals surface area contributed by atoms with E-state index < -0.39 is 5.97 Å².